The molecule has 10 heteroatoms. The van der Waals surface area contributed by atoms with Crippen LogP contribution in [0.15, 0.2) is 24.4 Å². The summed E-state index contributed by atoms with van der Waals surface area (Å²) in [6, 6.07) is 4.10. The molecule has 32 heavy (non-hydrogen) atoms. The first-order valence-electron chi connectivity index (χ1n) is 10.7. The molecule has 1 saturated carbocycles. The van der Waals surface area contributed by atoms with Gasteiger partial charge in [-0.3, -0.25) is 4.79 Å². The molecule has 0 spiro atoms. The molecule has 0 unspecified atom stereocenters. The van der Waals surface area contributed by atoms with E-state index in [1.165, 1.54) is 18.2 Å². The van der Waals surface area contributed by atoms with Gasteiger partial charge in [-0.15, -0.1) is 8.78 Å². The highest BCUT2D eigenvalue weighted by atomic mass is 19.3. The highest BCUT2D eigenvalue weighted by Crippen LogP contribution is 2.41. The number of hydrogen-bond acceptors (Lipinski definition) is 7. The van der Waals surface area contributed by atoms with Crippen molar-refractivity contribution in [3.8, 4) is 11.5 Å². The summed E-state index contributed by atoms with van der Waals surface area (Å²) in [6.45, 7) is 2.75. The molecule has 8 nitrogen and oxygen atoms in total. The van der Waals surface area contributed by atoms with Crippen LogP contribution >= 0.6 is 0 Å². The Morgan fingerprint density at radius 3 is 2.62 bits per heavy atom. The van der Waals surface area contributed by atoms with Gasteiger partial charge in [0.1, 0.15) is 5.82 Å². The largest absolute Gasteiger partial charge is 0.586 e. The summed E-state index contributed by atoms with van der Waals surface area (Å²) in [6.07, 6.45) is 1.72. The molecule has 1 amide bonds. The van der Waals surface area contributed by atoms with Crippen molar-refractivity contribution in [2.24, 2.45) is 5.92 Å². The predicted molar refractivity (Wildman–Crippen MR) is 115 cm³/mol. The molecule has 1 aliphatic carbocycles. The van der Waals surface area contributed by atoms with E-state index in [0.717, 1.165) is 43.6 Å². The summed E-state index contributed by atoms with van der Waals surface area (Å²) < 4.78 is 35.1. The van der Waals surface area contributed by atoms with Crippen molar-refractivity contribution in [2.45, 2.75) is 44.9 Å². The van der Waals surface area contributed by atoms with Gasteiger partial charge in [0.25, 0.3) is 5.91 Å². The van der Waals surface area contributed by atoms with Gasteiger partial charge in [0.05, 0.1) is 0 Å². The number of carbonyl (C=O) groups is 1. The lowest BCUT2D eigenvalue weighted by Crippen LogP contribution is -2.38. The van der Waals surface area contributed by atoms with Crippen LogP contribution in [0.3, 0.4) is 0 Å². The number of rotatable bonds is 6. The monoisotopic (exact) mass is 447 g/mol. The van der Waals surface area contributed by atoms with Gasteiger partial charge in [-0.2, -0.15) is 4.98 Å². The van der Waals surface area contributed by atoms with Gasteiger partial charge in [-0.1, -0.05) is 0 Å². The van der Waals surface area contributed by atoms with Crippen LogP contribution in [0.4, 0.5) is 20.5 Å². The number of aromatic nitrogens is 2. The van der Waals surface area contributed by atoms with Gasteiger partial charge in [0.15, 0.2) is 11.5 Å². The minimum absolute atomic E-state index is 0.0431. The van der Waals surface area contributed by atoms with Crippen molar-refractivity contribution in [3.63, 3.8) is 0 Å². The molecule has 4 rings (SSSR count). The highest BCUT2D eigenvalue weighted by Gasteiger charge is 2.43. The molecule has 2 aromatic rings. The molecule has 1 fully saturated rings. The van der Waals surface area contributed by atoms with E-state index in [0.29, 0.717) is 11.9 Å². The van der Waals surface area contributed by atoms with E-state index in [-0.39, 0.29) is 29.0 Å². The lowest BCUT2D eigenvalue weighted by Gasteiger charge is -2.29. The molecule has 1 aliphatic heterocycles. The number of nitrogens with zero attached hydrogens (tertiary/aromatic N) is 3. The second kappa shape index (κ2) is 8.76. The fourth-order valence-electron chi connectivity index (χ4n) is 4.08. The highest BCUT2D eigenvalue weighted by molar-refractivity contribution is 5.95. The molecule has 0 radical (unpaired) electrons. The number of carbonyl (C=O) groups excluding carboxylic acids is 1. The van der Waals surface area contributed by atoms with Gasteiger partial charge >= 0.3 is 6.29 Å². The van der Waals surface area contributed by atoms with Crippen LogP contribution < -0.4 is 25.0 Å². The van der Waals surface area contributed by atoms with Crippen LogP contribution in [0, 0.1) is 12.8 Å². The lowest BCUT2D eigenvalue weighted by atomic mass is 9.86. The number of ether oxygens (including phenoxy) is 2. The van der Waals surface area contributed by atoms with Crippen LogP contribution in [-0.4, -0.2) is 48.9 Å². The molecule has 0 saturated heterocycles. The Morgan fingerprint density at radius 2 is 1.91 bits per heavy atom. The number of alkyl halides is 2. The minimum atomic E-state index is -3.69. The summed E-state index contributed by atoms with van der Waals surface area (Å²) in [5.41, 5.74) is 1.29. The van der Waals surface area contributed by atoms with Crippen LogP contribution in [0.1, 0.15) is 41.6 Å². The summed E-state index contributed by atoms with van der Waals surface area (Å²) in [4.78, 5) is 23.4. The topological polar surface area (TPSA) is 88.6 Å². The Labute approximate surface area is 185 Å². The normalized spacial score (nSPS) is 21.2. The van der Waals surface area contributed by atoms with E-state index in [4.69, 9.17) is 0 Å². The van der Waals surface area contributed by atoms with Crippen molar-refractivity contribution in [1.82, 2.24) is 15.3 Å². The number of amides is 1. The van der Waals surface area contributed by atoms with E-state index in [9.17, 15) is 13.6 Å². The van der Waals surface area contributed by atoms with Gasteiger partial charge in [0, 0.05) is 44.0 Å². The van der Waals surface area contributed by atoms with Gasteiger partial charge < -0.3 is 25.0 Å². The first-order chi connectivity index (χ1) is 15.2. The molecule has 1 aromatic carbocycles. The van der Waals surface area contributed by atoms with E-state index < -0.39 is 6.29 Å². The Morgan fingerprint density at radius 1 is 1.19 bits per heavy atom. The molecule has 2 heterocycles. The van der Waals surface area contributed by atoms with Gasteiger partial charge in [0.2, 0.25) is 5.95 Å². The zero-order chi connectivity index (χ0) is 22.9. The maximum Gasteiger partial charge on any atom is 0.586 e. The fourth-order valence-corrected chi connectivity index (χ4v) is 4.08. The third kappa shape index (κ3) is 5.00. The van der Waals surface area contributed by atoms with Crippen LogP contribution in [0.5, 0.6) is 11.5 Å². The summed E-state index contributed by atoms with van der Waals surface area (Å²) >= 11 is 0. The van der Waals surface area contributed by atoms with Crippen molar-refractivity contribution >= 4 is 17.7 Å². The average molecular weight is 447 g/mol. The zero-order valence-electron chi connectivity index (χ0n) is 18.3. The Balaban J connectivity index is 1.25. The lowest BCUT2D eigenvalue weighted by molar-refractivity contribution is -0.286. The second-order valence-corrected chi connectivity index (χ2v) is 8.50. The molecular formula is C22H27F2N5O3. The van der Waals surface area contributed by atoms with E-state index >= 15 is 0 Å². The molecule has 2 aliphatic rings. The molecule has 2 N–H and O–H groups in total. The molecular weight excluding hydrogens is 420 g/mol. The SMILES string of the molecule is Cc1cnc(NC[C@H]2CC[C@@H](NC(=O)c3ccc4c(c3)OC(F)(F)O4)CC2)nc1N(C)C. The van der Waals surface area contributed by atoms with Crippen molar-refractivity contribution in [2.75, 3.05) is 30.9 Å². The minimum Gasteiger partial charge on any atom is -0.395 e. The number of nitrogens with one attached hydrogen (secondary N) is 2. The standard InChI is InChI=1S/C22H27F2N5O3/c1-13-11-25-21(28-19(13)29(2)3)26-12-14-4-7-16(8-5-14)27-20(30)15-6-9-17-18(10-15)32-22(23,24)31-17/h6,9-11,14,16H,4-5,7-8,12H2,1-3H3,(H,27,30)(H,25,26,28)/t14-,16+. The molecule has 0 bridgehead atoms. The number of halogens is 2. The number of hydrogen-bond donors (Lipinski definition) is 2. The quantitative estimate of drug-likeness (QED) is 0.700. The molecule has 1 aromatic heterocycles. The van der Waals surface area contributed by atoms with Gasteiger partial charge in [-0.25, -0.2) is 4.98 Å². The van der Waals surface area contributed by atoms with Crippen molar-refractivity contribution in [3.05, 3.63) is 35.5 Å². The van der Waals surface area contributed by atoms with Crippen molar-refractivity contribution < 1.29 is 23.0 Å². The Hall–Kier alpha value is -3.17. The summed E-state index contributed by atoms with van der Waals surface area (Å²) in [5, 5.41) is 6.32. The number of aryl methyl sites for hydroxylation is 1. The zero-order valence-corrected chi connectivity index (χ0v) is 18.3. The predicted octanol–water partition coefficient (Wildman–Crippen LogP) is 3.57. The van der Waals surface area contributed by atoms with E-state index in [1.807, 2.05) is 32.1 Å². The van der Waals surface area contributed by atoms with Crippen LogP contribution in [0.2, 0.25) is 0 Å². The van der Waals surface area contributed by atoms with Gasteiger partial charge in [-0.05, 0) is 56.7 Å². The third-order valence-electron chi connectivity index (χ3n) is 5.76. The number of anilines is 2. The first-order valence-corrected chi connectivity index (χ1v) is 10.7. The Kier molecular flexibility index (Phi) is 6.03. The molecule has 172 valence electrons. The molecule has 0 atom stereocenters. The number of fused-ring (bicyclic) bond motifs is 1. The van der Waals surface area contributed by atoms with E-state index in [2.05, 4.69) is 30.1 Å². The summed E-state index contributed by atoms with van der Waals surface area (Å²) in [7, 11) is 3.90. The van der Waals surface area contributed by atoms with Crippen LogP contribution in [0.25, 0.3) is 0 Å². The second-order valence-electron chi connectivity index (χ2n) is 8.50. The fraction of sp³-hybridized carbons (Fsp3) is 0.500. The average Bonchev–Trinajstić information content (AvgIpc) is 3.06. The number of benzene rings is 1. The Bertz CT molecular complexity index is 994. The maximum atomic E-state index is 13.2. The smallest absolute Gasteiger partial charge is 0.395 e. The van der Waals surface area contributed by atoms with E-state index in [1.54, 1.807) is 0 Å². The third-order valence-corrected chi connectivity index (χ3v) is 5.76. The summed E-state index contributed by atoms with van der Waals surface area (Å²) in [5.74, 6) is 1.45. The van der Waals surface area contributed by atoms with Crippen molar-refractivity contribution in [1.29, 1.82) is 0 Å². The van der Waals surface area contributed by atoms with Crippen LogP contribution in [-0.2, 0) is 0 Å². The first kappa shape index (κ1) is 22.0. The maximum absolute atomic E-state index is 13.2.